The Morgan fingerprint density at radius 1 is 1.50 bits per heavy atom. The van der Waals surface area contributed by atoms with Crippen LogP contribution in [0.3, 0.4) is 0 Å². The largest absolute Gasteiger partial charge is 0.324 e. The van der Waals surface area contributed by atoms with Gasteiger partial charge >= 0.3 is 0 Å². The number of thioether (sulfide) groups is 1. The monoisotopic (exact) mass is 287 g/mol. The highest BCUT2D eigenvalue weighted by Crippen LogP contribution is 2.22. The van der Waals surface area contributed by atoms with Crippen molar-refractivity contribution < 1.29 is 4.79 Å². The number of amides is 1. The normalized spacial score (nSPS) is 11.7. The summed E-state index contributed by atoms with van der Waals surface area (Å²) in [6.45, 7) is 1.78. The van der Waals surface area contributed by atoms with E-state index in [1.165, 1.54) is 18.1 Å². The number of rotatable bonds is 4. The molecular formula is C13H13N5OS. The molecule has 0 aliphatic carbocycles. The van der Waals surface area contributed by atoms with E-state index < -0.39 is 0 Å². The highest BCUT2D eigenvalue weighted by molar-refractivity contribution is 8.00. The van der Waals surface area contributed by atoms with Crippen molar-refractivity contribution in [3.63, 3.8) is 0 Å². The van der Waals surface area contributed by atoms with E-state index in [0.29, 0.717) is 16.4 Å². The molecule has 6 nitrogen and oxygen atoms in total. The molecule has 0 bridgehead atoms. The van der Waals surface area contributed by atoms with E-state index in [4.69, 9.17) is 5.26 Å². The van der Waals surface area contributed by atoms with Gasteiger partial charge in [0, 0.05) is 7.05 Å². The minimum Gasteiger partial charge on any atom is -0.324 e. The van der Waals surface area contributed by atoms with Gasteiger partial charge in [0.2, 0.25) is 5.91 Å². The quantitative estimate of drug-likeness (QED) is 0.867. The highest BCUT2D eigenvalue weighted by Gasteiger charge is 2.18. The summed E-state index contributed by atoms with van der Waals surface area (Å²) in [7, 11) is 1.77. The number of carbonyl (C=O) groups excluding carboxylic acids is 1. The minimum absolute atomic E-state index is 0.180. The Hall–Kier alpha value is -2.33. The molecule has 0 fully saturated rings. The Balaban J connectivity index is 2.05. The van der Waals surface area contributed by atoms with E-state index in [2.05, 4.69) is 15.4 Å². The van der Waals surface area contributed by atoms with Gasteiger partial charge in [0.25, 0.3) is 0 Å². The van der Waals surface area contributed by atoms with Gasteiger partial charge in [-0.2, -0.15) is 10.4 Å². The summed E-state index contributed by atoms with van der Waals surface area (Å²) >= 11 is 1.31. The van der Waals surface area contributed by atoms with E-state index in [0.717, 1.165) is 0 Å². The molecular weight excluding hydrogens is 274 g/mol. The molecule has 1 unspecified atom stereocenters. The van der Waals surface area contributed by atoms with Gasteiger partial charge in [-0.25, -0.2) is 9.67 Å². The van der Waals surface area contributed by atoms with Crippen LogP contribution in [0.4, 0.5) is 5.69 Å². The van der Waals surface area contributed by atoms with Crippen LogP contribution in [0.5, 0.6) is 0 Å². The number of aromatic nitrogens is 3. The van der Waals surface area contributed by atoms with Gasteiger partial charge in [0.1, 0.15) is 12.4 Å². The van der Waals surface area contributed by atoms with Crippen LogP contribution in [0.1, 0.15) is 12.5 Å². The number of para-hydroxylation sites is 1. The van der Waals surface area contributed by atoms with Gasteiger partial charge in [-0.05, 0) is 19.1 Å². The van der Waals surface area contributed by atoms with Crippen molar-refractivity contribution in [1.29, 1.82) is 5.26 Å². The van der Waals surface area contributed by atoms with Gasteiger partial charge < -0.3 is 5.32 Å². The number of nitrogens with zero attached hydrogens (tertiary/aromatic N) is 4. The van der Waals surface area contributed by atoms with Crippen LogP contribution in [0.15, 0.2) is 35.7 Å². The van der Waals surface area contributed by atoms with E-state index in [1.807, 2.05) is 6.07 Å². The van der Waals surface area contributed by atoms with Crippen LogP contribution in [0.25, 0.3) is 0 Å². The topological polar surface area (TPSA) is 83.6 Å². The molecule has 1 amide bonds. The zero-order valence-electron chi connectivity index (χ0n) is 11.1. The molecule has 2 aromatic rings. The second kappa shape index (κ2) is 6.21. The third-order valence-electron chi connectivity index (χ3n) is 2.63. The van der Waals surface area contributed by atoms with Crippen molar-refractivity contribution >= 4 is 23.4 Å². The van der Waals surface area contributed by atoms with Crippen molar-refractivity contribution in [2.24, 2.45) is 7.05 Å². The van der Waals surface area contributed by atoms with Crippen LogP contribution in [-0.4, -0.2) is 25.9 Å². The fraction of sp³-hybridized carbons (Fsp3) is 0.231. The van der Waals surface area contributed by atoms with E-state index in [-0.39, 0.29) is 11.2 Å². The van der Waals surface area contributed by atoms with Crippen LogP contribution < -0.4 is 5.32 Å². The Labute approximate surface area is 120 Å². The summed E-state index contributed by atoms with van der Waals surface area (Å²) in [5.41, 5.74) is 0.960. The number of hydrogen-bond donors (Lipinski definition) is 1. The maximum atomic E-state index is 12.1. The second-order valence-electron chi connectivity index (χ2n) is 4.07. The maximum Gasteiger partial charge on any atom is 0.237 e. The average Bonchev–Trinajstić information content (AvgIpc) is 2.84. The molecule has 1 aromatic heterocycles. The maximum absolute atomic E-state index is 12.1. The first kappa shape index (κ1) is 14.1. The molecule has 0 spiro atoms. The Bertz CT molecular complexity index is 661. The lowest BCUT2D eigenvalue weighted by atomic mass is 10.2. The van der Waals surface area contributed by atoms with Crippen LogP contribution in [0.2, 0.25) is 0 Å². The first-order chi connectivity index (χ1) is 9.61. The fourth-order valence-corrected chi connectivity index (χ4v) is 2.32. The van der Waals surface area contributed by atoms with Gasteiger partial charge in [-0.3, -0.25) is 4.79 Å². The lowest BCUT2D eigenvalue weighted by Crippen LogP contribution is -2.23. The predicted molar refractivity (Wildman–Crippen MR) is 76.1 cm³/mol. The Morgan fingerprint density at radius 3 is 2.90 bits per heavy atom. The summed E-state index contributed by atoms with van der Waals surface area (Å²) in [6, 6.07) is 8.94. The van der Waals surface area contributed by atoms with Gasteiger partial charge in [0.15, 0.2) is 5.16 Å². The summed E-state index contributed by atoms with van der Waals surface area (Å²) < 4.78 is 1.61. The summed E-state index contributed by atoms with van der Waals surface area (Å²) in [6.07, 6.45) is 1.44. The molecule has 0 radical (unpaired) electrons. The highest BCUT2D eigenvalue weighted by atomic mass is 32.2. The van der Waals surface area contributed by atoms with Gasteiger partial charge in [-0.1, -0.05) is 23.9 Å². The van der Waals surface area contributed by atoms with Crippen LogP contribution >= 0.6 is 11.8 Å². The standard InChI is InChI=1S/C13H13N5OS/c1-9(20-13-15-8-16-18(13)2)12(19)17-11-6-4-3-5-10(11)7-14/h3-6,8-9H,1-2H3,(H,17,19). The average molecular weight is 287 g/mol. The lowest BCUT2D eigenvalue weighted by Gasteiger charge is -2.12. The van der Waals surface area contributed by atoms with E-state index in [9.17, 15) is 4.79 Å². The van der Waals surface area contributed by atoms with Crippen molar-refractivity contribution in [1.82, 2.24) is 14.8 Å². The molecule has 7 heteroatoms. The number of aryl methyl sites for hydroxylation is 1. The van der Waals surface area contributed by atoms with Gasteiger partial charge in [0.05, 0.1) is 16.5 Å². The van der Waals surface area contributed by atoms with Gasteiger partial charge in [-0.15, -0.1) is 0 Å². The van der Waals surface area contributed by atoms with Crippen molar-refractivity contribution in [3.8, 4) is 6.07 Å². The molecule has 0 aliphatic rings. The summed E-state index contributed by atoms with van der Waals surface area (Å²) in [5.74, 6) is -0.180. The van der Waals surface area contributed by atoms with Crippen LogP contribution in [-0.2, 0) is 11.8 Å². The molecule has 1 atom stereocenters. The van der Waals surface area contributed by atoms with Crippen LogP contribution in [0, 0.1) is 11.3 Å². The molecule has 1 N–H and O–H groups in total. The Kier molecular flexibility index (Phi) is 4.38. The molecule has 0 saturated heterocycles. The zero-order valence-corrected chi connectivity index (χ0v) is 11.9. The number of nitriles is 1. The third kappa shape index (κ3) is 3.16. The second-order valence-corrected chi connectivity index (χ2v) is 5.38. The van der Waals surface area contributed by atoms with Crippen molar-refractivity contribution in [2.45, 2.75) is 17.3 Å². The SMILES string of the molecule is CC(Sc1ncnn1C)C(=O)Nc1ccccc1C#N. The number of nitrogens with one attached hydrogen (secondary N) is 1. The molecule has 1 heterocycles. The number of hydrogen-bond acceptors (Lipinski definition) is 5. The molecule has 20 heavy (non-hydrogen) atoms. The Morgan fingerprint density at radius 2 is 2.25 bits per heavy atom. The van der Waals surface area contributed by atoms with E-state index in [1.54, 1.807) is 42.9 Å². The minimum atomic E-state index is -0.343. The smallest absolute Gasteiger partial charge is 0.237 e. The lowest BCUT2D eigenvalue weighted by molar-refractivity contribution is -0.115. The van der Waals surface area contributed by atoms with E-state index >= 15 is 0 Å². The van der Waals surface area contributed by atoms with Crippen molar-refractivity contribution in [2.75, 3.05) is 5.32 Å². The molecule has 1 aromatic carbocycles. The third-order valence-corrected chi connectivity index (χ3v) is 3.77. The molecule has 2 rings (SSSR count). The fourth-order valence-electron chi connectivity index (χ4n) is 1.53. The summed E-state index contributed by atoms with van der Waals surface area (Å²) in [4.78, 5) is 16.2. The molecule has 0 saturated carbocycles. The first-order valence-corrected chi connectivity index (χ1v) is 6.80. The zero-order chi connectivity index (χ0) is 14.5. The number of carbonyl (C=O) groups is 1. The molecule has 0 aliphatic heterocycles. The predicted octanol–water partition coefficient (Wildman–Crippen LogP) is 1.81. The number of benzene rings is 1. The first-order valence-electron chi connectivity index (χ1n) is 5.92. The van der Waals surface area contributed by atoms with Crippen molar-refractivity contribution in [3.05, 3.63) is 36.2 Å². The molecule has 102 valence electrons. The summed E-state index contributed by atoms with van der Waals surface area (Å²) in [5, 5.41) is 16.0. The number of anilines is 1.